The Morgan fingerprint density at radius 1 is 1.37 bits per heavy atom. The largest absolute Gasteiger partial charge is 0.382 e. The molecule has 27 heavy (non-hydrogen) atoms. The Morgan fingerprint density at radius 3 is 2.56 bits per heavy atom. The van der Waals surface area contributed by atoms with Gasteiger partial charge in [0, 0.05) is 30.6 Å². The maximum absolute atomic E-state index is 14.6. The lowest BCUT2D eigenvalue weighted by Crippen LogP contribution is -2.47. The first-order valence-electron chi connectivity index (χ1n) is 8.34. The highest BCUT2D eigenvalue weighted by molar-refractivity contribution is 7.80. The summed E-state index contributed by atoms with van der Waals surface area (Å²) in [5.74, 6) is -2.28. The van der Waals surface area contributed by atoms with E-state index in [0.717, 1.165) is 12.1 Å². The summed E-state index contributed by atoms with van der Waals surface area (Å²) >= 11 is 5.57. The van der Waals surface area contributed by atoms with E-state index in [1.807, 2.05) is 0 Å². The molecular formula is C19H22F2N4OS. The van der Waals surface area contributed by atoms with Gasteiger partial charge in [-0.1, -0.05) is 37.4 Å². The molecule has 1 heterocycles. The second-order valence-electron chi connectivity index (χ2n) is 6.18. The van der Waals surface area contributed by atoms with E-state index in [4.69, 9.17) is 12.2 Å². The highest BCUT2D eigenvalue weighted by Crippen LogP contribution is 2.35. The van der Waals surface area contributed by atoms with Crippen molar-refractivity contribution in [2.24, 2.45) is 5.92 Å². The molecule has 0 spiro atoms. The first kappa shape index (κ1) is 20.9. The predicted octanol–water partition coefficient (Wildman–Crippen LogP) is 3.08. The van der Waals surface area contributed by atoms with Crippen LogP contribution in [0.1, 0.15) is 12.5 Å². The second-order valence-corrected chi connectivity index (χ2v) is 6.60. The van der Waals surface area contributed by atoms with E-state index in [9.17, 15) is 13.9 Å². The predicted molar refractivity (Wildman–Crippen MR) is 104 cm³/mol. The van der Waals surface area contributed by atoms with E-state index in [1.165, 1.54) is 23.4 Å². The SMILES string of the molecule is C=CCN(CC=C)C(=S)C(C)C(O)(Cn1cncn1)c1ccc(F)cc1F. The molecule has 2 atom stereocenters. The number of hydrogen-bond donors (Lipinski definition) is 1. The molecule has 0 aliphatic heterocycles. The zero-order valence-corrected chi connectivity index (χ0v) is 15.9. The van der Waals surface area contributed by atoms with Crippen LogP contribution in [-0.2, 0) is 12.1 Å². The minimum absolute atomic E-state index is 0.0635. The van der Waals surface area contributed by atoms with Crippen LogP contribution in [0.25, 0.3) is 0 Å². The third-order valence-electron chi connectivity index (χ3n) is 4.36. The van der Waals surface area contributed by atoms with Crippen LogP contribution in [0.2, 0.25) is 0 Å². The first-order chi connectivity index (χ1) is 12.8. The molecular weight excluding hydrogens is 370 g/mol. The third-order valence-corrected chi connectivity index (χ3v) is 4.98. The van der Waals surface area contributed by atoms with Gasteiger partial charge in [-0.3, -0.25) is 0 Å². The molecule has 5 nitrogen and oxygen atoms in total. The van der Waals surface area contributed by atoms with Crippen LogP contribution < -0.4 is 0 Å². The van der Waals surface area contributed by atoms with Crippen LogP contribution in [0.3, 0.4) is 0 Å². The Bertz CT molecular complexity index is 802. The van der Waals surface area contributed by atoms with Gasteiger partial charge in [-0.25, -0.2) is 18.4 Å². The second kappa shape index (κ2) is 8.96. The third kappa shape index (κ3) is 4.64. The summed E-state index contributed by atoms with van der Waals surface area (Å²) in [5.41, 5.74) is -1.84. The number of hydrogen-bond acceptors (Lipinski definition) is 4. The molecule has 1 N–H and O–H groups in total. The van der Waals surface area contributed by atoms with Crippen LogP contribution in [0.5, 0.6) is 0 Å². The highest BCUT2D eigenvalue weighted by Gasteiger charge is 2.42. The smallest absolute Gasteiger partial charge is 0.137 e. The van der Waals surface area contributed by atoms with Crippen molar-refractivity contribution in [2.75, 3.05) is 13.1 Å². The highest BCUT2D eigenvalue weighted by atomic mass is 32.1. The fraction of sp³-hybridized carbons (Fsp3) is 0.316. The Kier molecular flexibility index (Phi) is 6.92. The van der Waals surface area contributed by atoms with Gasteiger partial charge in [0.15, 0.2) is 0 Å². The molecule has 0 bridgehead atoms. The van der Waals surface area contributed by atoms with Crippen molar-refractivity contribution in [3.05, 3.63) is 73.4 Å². The number of rotatable bonds is 9. The summed E-state index contributed by atoms with van der Waals surface area (Å²) in [7, 11) is 0. The summed E-state index contributed by atoms with van der Waals surface area (Å²) in [6, 6.07) is 3.07. The van der Waals surface area contributed by atoms with Gasteiger partial charge in [0.05, 0.1) is 11.5 Å². The average Bonchev–Trinajstić information content (AvgIpc) is 3.12. The van der Waals surface area contributed by atoms with Gasteiger partial charge in [0.1, 0.15) is 29.9 Å². The summed E-state index contributed by atoms with van der Waals surface area (Å²) in [6.07, 6.45) is 6.08. The van der Waals surface area contributed by atoms with Crippen molar-refractivity contribution < 1.29 is 13.9 Å². The van der Waals surface area contributed by atoms with E-state index in [0.29, 0.717) is 18.1 Å². The zero-order valence-electron chi connectivity index (χ0n) is 15.1. The lowest BCUT2D eigenvalue weighted by molar-refractivity contribution is -0.0179. The van der Waals surface area contributed by atoms with Gasteiger partial charge in [-0.2, -0.15) is 5.10 Å². The molecule has 144 valence electrons. The van der Waals surface area contributed by atoms with E-state index in [-0.39, 0.29) is 12.1 Å². The minimum Gasteiger partial charge on any atom is -0.382 e. The number of halogens is 2. The van der Waals surface area contributed by atoms with Crippen LogP contribution in [0, 0.1) is 17.6 Å². The van der Waals surface area contributed by atoms with Gasteiger partial charge in [0.25, 0.3) is 0 Å². The van der Waals surface area contributed by atoms with Crippen molar-refractivity contribution in [1.82, 2.24) is 19.7 Å². The van der Waals surface area contributed by atoms with Gasteiger partial charge >= 0.3 is 0 Å². The van der Waals surface area contributed by atoms with Crippen LogP contribution in [0.4, 0.5) is 8.78 Å². The lowest BCUT2D eigenvalue weighted by Gasteiger charge is -2.38. The van der Waals surface area contributed by atoms with Crippen molar-refractivity contribution in [3.63, 3.8) is 0 Å². The topological polar surface area (TPSA) is 54.2 Å². The normalized spacial score (nSPS) is 14.2. The summed E-state index contributed by atoms with van der Waals surface area (Å²) in [4.78, 5) is 6.06. The maximum Gasteiger partial charge on any atom is 0.137 e. The summed E-state index contributed by atoms with van der Waals surface area (Å²) in [5, 5.41) is 15.5. The number of benzene rings is 1. The molecule has 0 amide bonds. The van der Waals surface area contributed by atoms with E-state index in [1.54, 1.807) is 24.0 Å². The van der Waals surface area contributed by atoms with Gasteiger partial charge in [-0.15, -0.1) is 13.2 Å². The summed E-state index contributed by atoms with van der Waals surface area (Å²) in [6.45, 7) is 9.90. The zero-order chi connectivity index (χ0) is 20.0. The summed E-state index contributed by atoms with van der Waals surface area (Å²) < 4.78 is 29.3. The Labute approximate surface area is 162 Å². The number of nitrogens with zero attached hydrogens (tertiary/aromatic N) is 4. The maximum atomic E-state index is 14.6. The van der Waals surface area contributed by atoms with Crippen molar-refractivity contribution in [2.45, 2.75) is 19.1 Å². The number of aromatic nitrogens is 3. The van der Waals surface area contributed by atoms with E-state index < -0.39 is 23.2 Å². The standard InChI is InChI=1S/C19H22F2N4OS/c1-4-8-24(9-5-2)18(27)14(3)19(26,11-25-13-22-12-23-25)16-7-6-15(20)10-17(16)21/h4-7,10,12-14,26H,1-2,8-9,11H2,3H3. The van der Waals surface area contributed by atoms with Crippen molar-refractivity contribution in [1.29, 1.82) is 0 Å². The molecule has 0 radical (unpaired) electrons. The molecule has 1 aromatic heterocycles. The Hall–Kier alpha value is -2.45. The Balaban J connectivity index is 2.49. The number of thiocarbonyl (C=S) groups is 1. The van der Waals surface area contributed by atoms with Crippen molar-refractivity contribution in [3.8, 4) is 0 Å². The molecule has 0 aliphatic rings. The molecule has 0 fully saturated rings. The van der Waals surface area contributed by atoms with E-state index >= 15 is 0 Å². The molecule has 0 saturated heterocycles. The average molecular weight is 392 g/mol. The molecule has 2 aromatic rings. The monoisotopic (exact) mass is 392 g/mol. The molecule has 1 aromatic carbocycles. The molecule has 2 rings (SSSR count). The fourth-order valence-electron chi connectivity index (χ4n) is 2.90. The molecule has 0 aliphatic carbocycles. The Morgan fingerprint density at radius 2 is 2.04 bits per heavy atom. The van der Waals surface area contributed by atoms with E-state index in [2.05, 4.69) is 23.2 Å². The first-order valence-corrected chi connectivity index (χ1v) is 8.75. The quantitative estimate of drug-likeness (QED) is 0.525. The van der Waals surface area contributed by atoms with Gasteiger partial charge in [-0.05, 0) is 6.07 Å². The fourth-order valence-corrected chi connectivity index (χ4v) is 3.25. The molecule has 8 heteroatoms. The minimum atomic E-state index is -1.77. The van der Waals surface area contributed by atoms with Gasteiger partial charge < -0.3 is 10.0 Å². The molecule has 2 unspecified atom stereocenters. The van der Waals surface area contributed by atoms with Crippen LogP contribution >= 0.6 is 12.2 Å². The number of aliphatic hydroxyl groups is 1. The van der Waals surface area contributed by atoms with Crippen molar-refractivity contribution >= 4 is 17.2 Å². The molecule has 0 saturated carbocycles. The lowest BCUT2D eigenvalue weighted by atomic mass is 9.81. The van der Waals surface area contributed by atoms with Gasteiger partial charge in [0.2, 0.25) is 0 Å². The van der Waals surface area contributed by atoms with Crippen LogP contribution in [0.15, 0.2) is 56.2 Å². The van der Waals surface area contributed by atoms with Crippen LogP contribution in [-0.4, -0.2) is 42.8 Å².